The first-order chi connectivity index (χ1) is 10.9. The molecular formula is C16H12F3N3O. The Morgan fingerprint density at radius 1 is 1.00 bits per heavy atom. The van der Waals surface area contributed by atoms with E-state index in [1.54, 1.807) is 24.3 Å². The molecule has 0 bridgehead atoms. The summed E-state index contributed by atoms with van der Waals surface area (Å²) in [6.45, 7) is -0.114. The van der Waals surface area contributed by atoms with Crippen molar-refractivity contribution in [3.8, 4) is 11.3 Å². The first-order valence-electron chi connectivity index (χ1n) is 6.79. The molecule has 23 heavy (non-hydrogen) atoms. The number of fused-ring (bicyclic) bond motifs is 1. The van der Waals surface area contributed by atoms with Crippen LogP contribution in [0.4, 0.5) is 13.2 Å². The zero-order chi connectivity index (χ0) is 16.6. The molecule has 0 saturated heterocycles. The van der Waals surface area contributed by atoms with Crippen molar-refractivity contribution in [2.45, 2.75) is 12.8 Å². The highest BCUT2D eigenvalue weighted by Gasteiger charge is 2.30. The van der Waals surface area contributed by atoms with Crippen LogP contribution in [0.2, 0.25) is 0 Å². The molecule has 0 aliphatic carbocycles. The average molecular weight is 319 g/mol. The largest absolute Gasteiger partial charge is 0.416 e. The van der Waals surface area contributed by atoms with Gasteiger partial charge in [-0.3, -0.25) is 4.79 Å². The van der Waals surface area contributed by atoms with E-state index in [2.05, 4.69) is 5.10 Å². The number of nitrogens with two attached hydrogens (primary N) is 1. The lowest BCUT2D eigenvalue weighted by Crippen LogP contribution is -2.27. The summed E-state index contributed by atoms with van der Waals surface area (Å²) in [7, 11) is 0. The van der Waals surface area contributed by atoms with E-state index in [0.29, 0.717) is 22.0 Å². The lowest BCUT2D eigenvalue weighted by molar-refractivity contribution is -0.137. The van der Waals surface area contributed by atoms with Crippen molar-refractivity contribution in [2.75, 3.05) is 0 Å². The fourth-order valence-corrected chi connectivity index (χ4v) is 2.39. The van der Waals surface area contributed by atoms with Crippen LogP contribution in [0.1, 0.15) is 5.56 Å². The number of rotatable bonds is 2. The molecule has 0 amide bonds. The van der Waals surface area contributed by atoms with Gasteiger partial charge in [0.15, 0.2) is 0 Å². The zero-order valence-electron chi connectivity index (χ0n) is 11.8. The van der Waals surface area contributed by atoms with Crippen LogP contribution in [-0.4, -0.2) is 9.78 Å². The highest BCUT2D eigenvalue weighted by atomic mass is 19.4. The van der Waals surface area contributed by atoms with Crippen molar-refractivity contribution >= 4 is 10.8 Å². The summed E-state index contributed by atoms with van der Waals surface area (Å²) in [6, 6.07) is 11.4. The van der Waals surface area contributed by atoms with Gasteiger partial charge in [0.25, 0.3) is 5.56 Å². The maximum atomic E-state index is 12.7. The lowest BCUT2D eigenvalue weighted by Gasteiger charge is -2.11. The molecule has 0 radical (unpaired) electrons. The Hall–Kier alpha value is -2.67. The minimum absolute atomic E-state index is 0.114. The van der Waals surface area contributed by atoms with E-state index >= 15 is 0 Å². The standard InChI is InChI=1S/C16H12F3N3O/c17-16(18,19)11-7-5-10(6-8-11)14-12-3-1-2-4-13(12)15(23)22(9-20)21-14/h1-8H,9,20H2. The van der Waals surface area contributed by atoms with Crippen LogP contribution in [0.3, 0.4) is 0 Å². The fraction of sp³-hybridized carbons (Fsp3) is 0.125. The molecule has 3 rings (SSSR count). The van der Waals surface area contributed by atoms with Gasteiger partial charge in [0.1, 0.15) is 0 Å². The first-order valence-corrected chi connectivity index (χ1v) is 6.79. The van der Waals surface area contributed by atoms with Crippen LogP contribution in [0.5, 0.6) is 0 Å². The second kappa shape index (κ2) is 5.51. The van der Waals surface area contributed by atoms with Gasteiger partial charge in [-0.05, 0) is 18.2 Å². The Morgan fingerprint density at radius 3 is 2.17 bits per heavy atom. The molecule has 2 aromatic carbocycles. The van der Waals surface area contributed by atoms with Gasteiger partial charge in [-0.2, -0.15) is 18.3 Å². The molecule has 0 atom stereocenters. The van der Waals surface area contributed by atoms with Crippen molar-refractivity contribution < 1.29 is 13.2 Å². The third-order valence-electron chi connectivity index (χ3n) is 3.53. The quantitative estimate of drug-likeness (QED) is 0.790. The molecule has 4 nitrogen and oxygen atoms in total. The molecule has 0 spiro atoms. The number of hydrogen-bond acceptors (Lipinski definition) is 3. The molecule has 2 N–H and O–H groups in total. The van der Waals surface area contributed by atoms with Crippen molar-refractivity contribution in [1.82, 2.24) is 9.78 Å². The van der Waals surface area contributed by atoms with Crippen molar-refractivity contribution in [1.29, 1.82) is 0 Å². The van der Waals surface area contributed by atoms with Crippen LogP contribution in [0.15, 0.2) is 53.3 Å². The molecule has 1 heterocycles. The van der Waals surface area contributed by atoms with E-state index in [4.69, 9.17) is 5.73 Å². The van der Waals surface area contributed by atoms with Crippen molar-refractivity contribution in [3.05, 3.63) is 64.4 Å². The summed E-state index contributed by atoms with van der Waals surface area (Å²) in [5.74, 6) is 0. The summed E-state index contributed by atoms with van der Waals surface area (Å²) in [6.07, 6.45) is -4.40. The van der Waals surface area contributed by atoms with Crippen LogP contribution in [0, 0.1) is 0 Å². The molecule has 0 saturated carbocycles. The topological polar surface area (TPSA) is 60.9 Å². The molecule has 3 aromatic rings. The van der Waals surface area contributed by atoms with Crippen LogP contribution < -0.4 is 11.3 Å². The molecule has 0 fully saturated rings. The normalized spacial score (nSPS) is 11.8. The summed E-state index contributed by atoms with van der Waals surface area (Å²) >= 11 is 0. The highest BCUT2D eigenvalue weighted by molar-refractivity contribution is 5.93. The van der Waals surface area contributed by atoms with E-state index in [-0.39, 0.29) is 12.2 Å². The number of aromatic nitrogens is 2. The average Bonchev–Trinajstić information content (AvgIpc) is 2.55. The van der Waals surface area contributed by atoms with Crippen molar-refractivity contribution in [2.24, 2.45) is 5.73 Å². The van der Waals surface area contributed by atoms with Crippen LogP contribution in [-0.2, 0) is 12.8 Å². The fourth-order valence-electron chi connectivity index (χ4n) is 2.39. The number of benzene rings is 2. The van der Waals surface area contributed by atoms with Gasteiger partial charge in [-0.25, -0.2) is 4.68 Å². The molecular weight excluding hydrogens is 307 g/mol. The second-order valence-electron chi connectivity index (χ2n) is 4.96. The van der Waals surface area contributed by atoms with Gasteiger partial charge < -0.3 is 5.73 Å². The van der Waals surface area contributed by atoms with E-state index in [1.807, 2.05) is 0 Å². The monoisotopic (exact) mass is 319 g/mol. The molecule has 1 aromatic heterocycles. The predicted octanol–water partition coefficient (Wildman–Crippen LogP) is 3.00. The first kappa shape index (κ1) is 15.2. The molecule has 7 heteroatoms. The van der Waals surface area contributed by atoms with Gasteiger partial charge >= 0.3 is 6.18 Å². The molecule has 0 unspecified atom stereocenters. The van der Waals surface area contributed by atoms with E-state index in [0.717, 1.165) is 16.8 Å². The van der Waals surface area contributed by atoms with Gasteiger partial charge in [-0.1, -0.05) is 30.3 Å². The Kier molecular flexibility index (Phi) is 3.65. The minimum atomic E-state index is -4.40. The third-order valence-corrected chi connectivity index (χ3v) is 3.53. The van der Waals surface area contributed by atoms with Gasteiger partial charge in [0.2, 0.25) is 0 Å². The second-order valence-corrected chi connectivity index (χ2v) is 4.96. The zero-order valence-corrected chi connectivity index (χ0v) is 11.8. The Morgan fingerprint density at radius 2 is 1.61 bits per heavy atom. The number of hydrogen-bond donors (Lipinski definition) is 1. The number of alkyl halides is 3. The molecule has 118 valence electrons. The number of halogens is 3. The summed E-state index contributed by atoms with van der Waals surface area (Å²) in [4.78, 5) is 12.2. The smallest absolute Gasteiger partial charge is 0.312 e. The molecule has 0 aliphatic rings. The SMILES string of the molecule is NCn1nc(-c2ccc(C(F)(F)F)cc2)c2ccccc2c1=O. The Balaban J connectivity index is 2.24. The van der Waals surface area contributed by atoms with E-state index < -0.39 is 11.7 Å². The van der Waals surface area contributed by atoms with E-state index in [9.17, 15) is 18.0 Å². The third kappa shape index (κ3) is 2.70. The minimum Gasteiger partial charge on any atom is -0.312 e. The van der Waals surface area contributed by atoms with Gasteiger partial charge in [-0.15, -0.1) is 0 Å². The molecule has 0 aliphatic heterocycles. The van der Waals surface area contributed by atoms with Gasteiger partial charge in [0.05, 0.1) is 23.3 Å². The van der Waals surface area contributed by atoms with Gasteiger partial charge in [0, 0.05) is 10.9 Å². The summed E-state index contributed by atoms with van der Waals surface area (Å²) in [5.41, 5.74) is 5.35. The van der Waals surface area contributed by atoms with Crippen LogP contribution in [0.25, 0.3) is 22.0 Å². The Bertz CT molecular complexity index is 914. The predicted molar refractivity (Wildman–Crippen MR) is 80.6 cm³/mol. The van der Waals surface area contributed by atoms with Crippen molar-refractivity contribution in [3.63, 3.8) is 0 Å². The number of nitrogens with zero attached hydrogens (tertiary/aromatic N) is 2. The maximum Gasteiger partial charge on any atom is 0.416 e. The maximum absolute atomic E-state index is 12.7. The summed E-state index contributed by atoms with van der Waals surface area (Å²) in [5, 5.41) is 5.17. The van der Waals surface area contributed by atoms with E-state index in [1.165, 1.54) is 12.1 Å². The van der Waals surface area contributed by atoms with Crippen LogP contribution >= 0.6 is 0 Å². The Labute approximate surface area is 129 Å². The lowest BCUT2D eigenvalue weighted by atomic mass is 10.0. The highest BCUT2D eigenvalue weighted by Crippen LogP contribution is 2.31. The summed E-state index contributed by atoms with van der Waals surface area (Å²) < 4.78 is 39.1.